The largest absolute Gasteiger partial charge is 0.455 e. The van der Waals surface area contributed by atoms with Crippen molar-refractivity contribution in [2.45, 2.75) is 17.1 Å². The average Bonchev–Trinajstić information content (AvgIpc) is 2.55. The van der Waals surface area contributed by atoms with Crippen molar-refractivity contribution < 1.29 is 14.3 Å². The zero-order valence-electron chi connectivity index (χ0n) is 12.5. The van der Waals surface area contributed by atoms with Gasteiger partial charge >= 0.3 is 5.97 Å². The molecule has 0 aliphatic rings. The van der Waals surface area contributed by atoms with E-state index in [2.05, 4.69) is 21.2 Å². The van der Waals surface area contributed by atoms with Crippen molar-refractivity contribution in [1.29, 1.82) is 0 Å². The Morgan fingerprint density at radius 2 is 1.78 bits per heavy atom. The third-order valence-electron chi connectivity index (χ3n) is 2.86. The minimum Gasteiger partial charge on any atom is -0.455 e. The van der Waals surface area contributed by atoms with Gasteiger partial charge in [-0.25, -0.2) is 0 Å². The molecule has 0 aliphatic carbocycles. The van der Waals surface area contributed by atoms with E-state index in [9.17, 15) is 9.59 Å². The van der Waals surface area contributed by atoms with E-state index in [4.69, 9.17) is 4.74 Å². The molecule has 4 nitrogen and oxygen atoms in total. The second kappa shape index (κ2) is 8.74. The van der Waals surface area contributed by atoms with Crippen LogP contribution in [0.15, 0.2) is 64.0 Å². The summed E-state index contributed by atoms with van der Waals surface area (Å²) in [6.45, 7) is 1.46. The van der Waals surface area contributed by atoms with Crippen LogP contribution in [-0.2, 0) is 14.3 Å². The van der Waals surface area contributed by atoms with Crippen molar-refractivity contribution >= 4 is 45.3 Å². The molecule has 0 spiro atoms. The molecular weight excluding hydrogens is 378 g/mol. The minimum absolute atomic E-state index is 0.297. The highest BCUT2D eigenvalue weighted by molar-refractivity contribution is 9.10. The molecule has 0 fully saturated rings. The number of hydrogen-bond acceptors (Lipinski definition) is 4. The molecule has 1 N–H and O–H groups in total. The highest BCUT2D eigenvalue weighted by atomic mass is 79.9. The van der Waals surface area contributed by atoms with E-state index >= 15 is 0 Å². The number of esters is 1. The summed E-state index contributed by atoms with van der Waals surface area (Å²) in [5.74, 6) is -0.776. The second-order valence-corrected chi connectivity index (χ2v) is 7.07. The van der Waals surface area contributed by atoms with Gasteiger partial charge in [-0.3, -0.25) is 9.59 Å². The number of carbonyl (C=O) groups is 2. The molecule has 0 bridgehead atoms. The molecule has 0 aromatic heterocycles. The summed E-state index contributed by atoms with van der Waals surface area (Å²) >= 11 is 4.72. The monoisotopic (exact) mass is 393 g/mol. The lowest BCUT2D eigenvalue weighted by Gasteiger charge is -2.11. The molecule has 0 heterocycles. The van der Waals surface area contributed by atoms with E-state index < -0.39 is 5.97 Å². The Balaban J connectivity index is 1.76. The van der Waals surface area contributed by atoms with Gasteiger partial charge in [0.05, 0.1) is 0 Å². The van der Waals surface area contributed by atoms with Crippen molar-refractivity contribution in [1.82, 2.24) is 0 Å². The fourth-order valence-corrected chi connectivity index (χ4v) is 2.89. The molecule has 0 aliphatic heterocycles. The Kier molecular flexibility index (Phi) is 6.67. The number of benzene rings is 2. The minimum atomic E-state index is -0.412. The van der Waals surface area contributed by atoms with Crippen LogP contribution in [0.25, 0.3) is 0 Å². The van der Waals surface area contributed by atoms with Crippen molar-refractivity contribution in [2.75, 3.05) is 11.9 Å². The van der Waals surface area contributed by atoms with Gasteiger partial charge < -0.3 is 10.1 Å². The first kappa shape index (κ1) is 17.6. The van der Waals surface area contributed by atoms with E-state index in [1.54, 1.807) is 19.1 Å². The smallest absolute Gasteiger partial charge is 0.319 e. The van der Waals surface area contributed by atoms with Crippen molar-refractivity contribution in [3.63, 3.8) is 0 Å². The maximum Gasteiger partial charge on any atom is 0.319 e. The van der Waals surface area contributed by atoms with Crippen molar-refractivity contribution in [3.05, 3.63) is 59.1 Å². The quantitative estimate of drug-likeness (QED) is 0.592. The fourth-order valence-electron chi connectivity index (χ4n) is 1.74. The van der Waals surface area contributed by atoms with Gasteiger partial charge in [0.25, 0.3) is 5.91 Å². The highest BCUT2D eigenvalue weighted by Crippen LogP contribution is 2.23. The Morgan fingerprint density at radius 1 is 1.13 bits per heavy atom. The summed E-state index contributed by atoms with van der Waals surface area (Å²) in [5, 5.41) is 2.29. The van der Waals surface area contributed by atoms with Gasteiger partial charge in [0.2, 0.25) is 0 Å². The summed E-state index contributed by atoms with van der Waals surface area (Å²) < 4.78 is 5.98. The number of thioether (sulfide) groups is 1. The third-order valence-corrected chi connectivity index (χ3v) is 4.48. The predicted molar refractivity (Wildman–Crippen MR) is 95.5 cm³/mol. The van der Waals surface area contributed by atoms with Crippen LogP contribution in [0.4, 0.5) is 5.69 Å². The molecule has 2 aromatic rings. The van der Waals surface area contributed by atoms with Crippen LogP contribution in [0, 0.1) is 0 Å². The Labute approximate surface area is 147 Å². The number of halogens is 1. The second-order valence-electron chi connectivity index (χ2n) is 4.74. The molecular formula is C17H16BrNO3S. The SMILES string of the molecule is C[C@H](Sc1ccccc1)C(=O)OCC(=O)Nc1ccc(Br)cc1. The molecule has 0 radical (unpaired) electrons. The zero-order chi connectivity index (χ0) is 16.7. The van der Waals surface area contributed by atoms with Gasteiger partial charge in [0.1, 0.15) is 5.25 Å². The van der Waals surface area contributed by atoms with E-state index in [-0.39, 0.29) is 17.8 Å². The van der Waals surface area contributed by atoms with Crippen LogP contribution in [0.5, 0.6) is 0 Å². The number of rotatable bonds is 6. The Morgan fingerprint density at radius 3 is 2.43 bits per heavy atom. The summed E-state index contributed by atoms with van der Waals surface area (Å²) in [5.41, 5.74) is 0.654. The first-order chi connectivity index (χ1) is 11.0. The molecule has 120 valence electrons. The molecule has 0 saturated heterocycles. The lowest BCUT2D eigenvalue weighted by atomic mass is 10.3. The first-order valence-corrected chi connectivity index (χ1v) is 8.65. The van der Waals surface area contributed by atoms with Crippen LogP contribution in [0.1, 0.15) is 6.92 Å². The number of anilines is 1. The van der Waals surface area contributed by atoms with Crippen molar-refractivity contribution in [3.8, 4) is 0 Å². The van der Waals surface area contributed by atoms with Crippen LogP contribution in [-0.4, -0.2) is 23.7 Å². The first-order valence-electron chi connectivity index (χ1n) is 6.98. The van der Waals surface area contributed by atoms with E-state index in [1.165, 1.54) is 11.8 Å². The number of amides is 1. The molecule has 1 atom stereocenters. The fraction of sp³-hybridized carbons (Fsp3) is 0.176. The molecule has 1 amide bonds. The summed E-state index contributed by atoms with van der Waals surface area (Å²) in [6.07, 6.45) is 0. The van der Waals surface area contributed by atoms with Crippen LogP contribution >= 0.6 is 27.7 Å². The molecule has 2 aromatic carbocycles. The lowest BCUT2D eigenvalue weighted by Crippen LogP contribution is -2.24. The number of nitrogens with one attached hydrogen (secondary N) is 1. The van der Waals surface area contributed by atoms with E-state index in [0.29, 0.717) is 5.69 Å². The molecule has 0 unspecified atom stereocenters. The summed E-state index contributed by atoms with van der Waals surface area (Å²) in [6, 6.07) is 16.7. The van der Waals surface area contributed by atoms with Crippen LogP contribution < -0.4 is 5.32 Å². The zero-order valence-corrected chi connectivity index (χ0v) is 14.9. The Hall–Kier alpha value is -1.79. The number of carbonyl (C=O) groups excluding carboxylic acids is 2. The molecule has 23 heavy (non-hydrogen) atoms. The predicted octanol–water partition coefficient (Wildman–Crippen LogP) is 4.11. The highest BCUT2D eigenvalue weighted by Gasteiger charge is 2.17. The maximum absolute atomic E-state index is 11.9. The summed E-state index contributed by atoms with van der Waals surface area (Å²) in [4.78, 5) is 24.7. The van der Waals surface area contributed by atoms with Gasteiger partial charge in [-0.05, 0) is 43.3 Å². The summed E-state index contributed by atoms with van der Waals surface area (Å²) in [7, 11) is 0. The number of ether oxygens (including phenoxy) is 1. The van der Waals surface area contributed by atoms with Gasteiger partial charge in [-0.2, -0.15) is 0 Å². The molecule has 2 rings (SSSR count). The average molecular weight is 394 g/mol. The standard InChI is InChI=1S/C17H16BrNO3S/c1-12(23-15-5-3-2-4-6-15)17(21)22-11-16(20)19-14-9-7-13(18)8-10-14/h2-10,12H,11H2,1H3,(H,19,20)/t12-/m0/s1. The third kappa shape index (κ3) is 6.08. The van der Waals surface area contributed by atoms with E-state index in [0.717, 1.165) is 9.37 Å². The topological polar surface area (TPSA) is 55.4 Å². The van der Waals surface area contributed by atoms with Gasteiger partial charge in [-0.1, -0.05) is 34.1 Å². The number of hydrogen-bond donors (Lipinski definition) is 1. The van der Waals surface area contributed by atoms with Crippen LogP contribution in [0.2, 0.25) is 0 Å². The molecule has 6 heteroatoms. The lowest BCUT2D eigenvalue weighted by molar-refractivity contribution is -0.146. The van der Waals surface area contributed by atoms with E-state index in [1.807, 2.05) is 42.5 Å². The normalized spacial score (nSPS) is 11.6. The van der Waals surface area contributed by atoms with Crippen molar-refractivity contribution in [2.24, 2.45) is 0 Å². The maximum atomic E-state index is 11.9. The van der Waals surface area contributed by atoms with Crippen LogP contribution in [0.3, 0.4) is 0 Å². The van der Waals surface area contributed by atoms with Gasteiger partial charge in [0, 0.05) is 15.1 Å². The van der Waals surface area contributed by atoms with Gasteiger partial charge in [-0.15, -0.1) is 11.8 Å². The Bertz CT molecular complexity index is 661. The van der Waals surface area contributed by atoms with Gasteiger partial charge in [0.15, 0.2) is 6.61 Å². The molecule has 0 saturated carbocycles.